The van der Waals surface area contributed by atoms with Crippen LogP contribution >= 0.6 is 11.6 Å². The van der Waals surface area contributed by atoms with Crippen molar-refractivity contribution in [3.05, 3.63) is 40.9 Å². The summed E-state index contributed by atoms with van der Waals surface area (Å²) in [6.07, 6.45) is 11.2. The average Bonchev–Trinajstić information content (AvgIpc) is 2.85. The fourth-order valence-corrected chi connectivity index (χ4v) is 7.13. The monoisotopic (exact) mass is 497 g/mol. The summed E-state index contributed by atoms with van der Waals surface area (Å²) >= 11 is 6.94. The van der Waals surface area contributed by atoms with E-state index in [1.54, 1.807) is 0 Å². The largest absolute Gasteiger partial charge is 0.489 e. The zero-order valence-electron chi connectivity index (χ0n) is 21.2. The van der Waals surface area contributed by atoms with E-state index in [-0.39, 0.29) is 18.1 Å². The van der Waals surface area contributed by atoms with Crippen molar-refractivity contribution in [3.63, 3.8) is 0 Å². The molecule has 2 aliphatic heterocycles. The van der Waals surface area contributed by atoms with Crippen LogP contribution in [0.1, 0.15) is 89.7 Å². The molecule has 35 heavy (non-hydrogen) atoms. The molecule has 2 aliphatic carbocycles. The Balaban J connectivity index is 1.36. The molecule has 4 fully saturated rings. The maximum Gasteiger partial charge on any atom is 0.306 e. The van der Waals surface area contributed by atoms with Gasteiger partial charge >= 0.3 is 5.97 Å². The van der Waals surface area contributed by atoms with E-state index in [0.717, 1.165) is 67.5 Å². The van der Waals surface area contributed by atoms with E-state index in [1.165, 1.54) is 31.2 Å². The highest BCUT2D eigenvalue weighted by Gasteiger charge is 2.37. The third-order valence-electron chi connectivity index (χ3n) is 9.26. The molecule has 2 aromatic rings. The maximum atomic E-state index is 11.8. The predicted molar refractivity (Wildman–Crippen MR) is 142 cm³/mol. The van der Waals surface area contributed by atoms with E-state index >= 15 is 0 Å². The first-order chi connectivity index (χ1) is 16.9. The van der Waals surface area contributed by atoms with Gasteiger partial charge in [-0.2, -0.15) is 0 Å². The molecular formula is C30H40ClNO3. The fourth-order valence-electron chi connectivity index (χ4n) is 6.86. The number of benzene rings is 2. The summed E-state index contributed by atoms with van der Waals surface area (Å²) in [6.45, 7) is 5.62. The smallest absolute Gasteiger partial charge is 0.306 e. The van der Waals surface area contributed by atoms with Crippen molar-refractivity contribution < 1.29 is 14.6 Å². The van der Waals surface area contributed by atoms with Gasteiger partial charge < -0.3 is 9.84 Å². The van der Waals surface area contributed by atoms with Crippen LogP contribution in [0, 0.1) is 17.8 Å². The number of carboxylic acid groups (broad SMARTS) is 1. The molecular weight excluding hydrogens is 458 g/mol. The summed E-state index contributed by atoms with van der Waals surface area (Å²) in [4.78, 5) is 14.4. The number of piperidine rings is 1. The van der Waals surface area contributed by atoms with Crippen molar-refractivity contribution >= 4 is 28.3 Å². The highest BCUT2D eigenvalue weighted by Crippen LogP contribution is 2.41. The van der Waals surface area contributed by atoms with Gasteiger partial charge in [-0.25, -0.2) is 0 Å². The minimum atomic E-state index is -0.627. The first-order valence-electron chi connectivity index (χ1n) is 13.8. The van der Waals surface area contributed by atoms with Gasteiger partial charge in [-0.05, 0) is 99.6 Å². The highest BCUT2D eigenvalue weighted by molar-refractivity contribution is 6.37. The number of fused-ring (bicyclic) bond motifs is 6. The van der Waals surface area contributed by atoms with Gasteiger partial charge in [-0.3, -0.25) is 9.69 Å². The first-order valence-corrected chi connectivity index (χ1v) is 14.2. The number of carboxylic acids is 1. The lowest BCUT2D eigenvalue weighted by atomic mass is 9.78. The summed E-state index contributed by atoms with van der Waals surface area (Å²) < 4.78 is 6.41. The number of rotatable bonds is 6. The molecule has 2 bridgehead atoms. The average molecular weight is 498 g/mol. The second-order valence-corrected chi connectivity index (χ2v) is 11.7. The molecule has 0 amide bonds. The molecule has 2 heterocycles. The van der Waals surface area contributed by atoms with Gasteiger partial charge in [-0.1, -0.05) is 43.1 Å². The molecule has 190 valence electrons. The molecule has 2 aromatic carbocycles. The Hall–Kier alpha value is -1.78. The normalized spacial score (nSPS) is 30.5. The van der Waals surface area contributed by atoms with Crippen molar-refractivity contribution in [1.29, 1.82) is 0 Å². The molecule has 5 heteroatoms. The summed E-state index contributed by atoms with van der Waals surface area (Å²) in [5.74, 6) is 1.41. The lowest BCUT2D eigenvalue weighted by Gasteiger charge is -2.46. The van der Waals surface area contributed by atoms with Crippen LogP contribution in [0.4, 0.5) is 0 Å². The minimum Gasteiger partial charge on any atom is -0.489 e. The third-order valence-corrected chi connectivity index (χ3v) is 9.65. The van der Waals surface area contributed by atoms with E-state index in [9.17, 15) is 9.90 Å². The molecule has 1 N–H and O–H groups in total. The van der Waals surface area contributed by atoms with Gasteiger partial charge in [0.25, 0.3) is 0 Å². The van der Waals surface area contributed by atoms with E-state index in [1.807, 2.05) is 6.07 Å². The lowest BCUT2D eigenvalue weighted by molar-refractivity contribution is -0.144. The summed E-state index contributed by atoms with van der Waals surface area (Å²) in [6, 6.07) is 11.3. The second kappa shape index (κ2) is 10.7. The van der Waals surface area contributed by atoms with Gasteiger partial charge in [0.15, 0.2) is 0 Å². The number of aliphatic carboxylic acids is 1. The minimum absolute atomic E-state index is 0.212. The standard InChI is InChI=1S/C30H40ClNO3/c1-3-20-6-13-26(14-7-20)35-28-15-11-22-9-10-23(17-27(22)29(28)31)19(2)32-18-21-4-8-24(30(33)34)16-25(32)12-5-21/h9-11,15,17,19-21,24-26H,3-8,12-14,16,18H2,1-2H3,(H,33,34). The zero-order chi connectivity index (χ0) is 24.5. The Morgan fingerprint density at radius 3 is 2.57 bits per heavy atom. The van der Waals surface area contributed by atoms with Crippen LogP contribution in [0.25, 0.3) is 10.8 Å². The van der Waals surface area contributed by atoms with Gasteiger partial charge in [0, 0.05) is 24.0 Å². The molecule has 4 unspecified atom stereocenters. The Labute approximate surface area is 215 Å². The molecule has 2 saturated heterocycles. The predicted octanol–water partition coefficient (Wildman–Crippen LogP) is 7.87. The molecule has 0 spiro atoms. The molecule has 4 aliphatic rings. The number of carbonyl (C=O) groups is 1. The molecule has 0 aromatic heterocycles. The van der Waals surface area contributed by atoms with Gasteiger partial charge in [0.05, 0.1) is 17.0 Å². The summed E-state index contributed by atoms with van der Waals surface area (Å²) in [7, 11) is 0. The van der Waals surface area contributed by atoms with Crippen molar-refractivity contribution in [3.8, 4) is 5.75 Å². The Morgan fingerprint density at radius 2 is 1.83 bits per heavy atom. The van der Waals surface area contributed by atoms with Crippen LogP contribution in [0.15, 0.2) is 30.3 Å². The third kappa shape index (κ3) is 5.34. The molecule has 6 rings (SSSR count). The summed E-state index contributed by atoms with van der Waals surface area (Å²) in [5.41, 5.74) is 1.25. The quantitative estimate of drug-likeness (QED) is 0.441. The van der Waals surface area contributed by atoms with Crippen LogP contribution in [0.3, 0.4) is 0 Å². The van der Waals surface area contributed by atoms with E-state index < -0.39 is 5.97 Å². The molecule has 2 saturated carbocycles. The van der Waals surface area contributed by atoms with Crippen molar-refractivity contribution in [2.24, 2.45) is 17.8 Å². The number of nitrogens with zero attached hydrogens (tertiary/aromatic N) is 1. The molecule has 4 nitrogen and oxygen atoms in total. The Morgan fingerprint density at radius 1 is 1.09 bits per heavy atom. The number of halogens is 1. The lowest BCUT2D eigenvalue weighted by Crippen LogP contribution is -2.47. The summed E-state index contributed by atoms with van der Waals surface area (Å²) in [5, 5.41) is 12.6. The number of ether oxygens (including phenoxy) is 1. The second-order valence-electron chi connectivity index (χ2n) is 11.3. The van der Waals surface area contributed by atoms with Gasteiger partial charge in [0.1, 0.15) is 5.75 Å². The van der Waals surface area contributed by atoms with Crippen LogP contribution in [0.2, 0.25) is 5.02 Å². The SMILES string of the molecule is CCC1CCC(Oc2ccc3ccc(C(C)N4CC5CCC(C(=O)O)CC4CC5)cc3c2Cl)CC1. The van der Waals surface area contributed by atoms with Crippen LogP contribution in [-0.4, -0.2) is 34.7 Å². The maximum absolute atomic E-state index is 11.8. The van der Waals surface area contributed by atoms with Crippen molar-refractivity contribution in [2.45, 2.75) is 96.2 Å². The molecule has 4 atom stereocenters. The van der Waals surface area contributed by atoms with Gasteiger partial charge in [0.2, 0.25) is 0 Å². The number of hydrogen-bond donors (Lipinski definition) is 1. The van der Waals surface area contributed by atoms with E-state index in [4.69, 9.17) is 16.3 Å². The molecule has 0 radical (unpaired) electrons. The Kier molecular flexibility index (Phi) is 7.60. The topological polar surface area (TPSA) is 49.8 Å². The zero-order valence-corrected chi connectivity index (χ0v) is 22.0. The van der Waals surface area contributed by atoms with Crippen LogP contribution in [-0.2, 0) is 4.79 Å². The van der Waals surface area contributed by atoms with Crippen molar-refractivity contribution in [1.82, 2.24) is 4.90 Å². The van der Waals surface area contributed by atoms with Gasteiger partial charge in [-0.15, -0.1) is 0 Å². The van der Waals surface area contributed by atoms with Crippen LogP contribution < -0.4 is 4.74 Å². The van der Waals surface area contributed by atoms with Crippen LogP contribution in [0.5, 0.6) is 5.75 Å². The van der Waals surface area contributed by atoms with E-state index in [2.05, 4.69) is 43.0 Å². The van der Waals surface area contributed by atoms with Crippen molar-refractivity contribution in [2.75, 3.05) is 6.54 Å². The first kappa shape index (κ1) is 24.9. The Bertz CT molecular complexity index is 1050. The number of hydrogen-bond acceptors (Lipinski definition) is 3. The van der Waals surface area contributed by atoms with E-state index in [0.29, 0.717) is 17.0 Å². The highest BCUT2D eigenvalue weighted by atomic mass is 35.5. The fraction of sp³-hybridized carbons (Fsp3) is 0.633.